The molecule has 0 aliphatic heterocycles. The molecule has 28 aromatic rings. The largest absolute Gasteiger partial charge is 0.310 e. The van der Waals surface area contributed by atoms with Crippen molar-refractivity contribution in [1.82, 2.24) is 13.7 Å². The van der Waals surface area contributed by atoms with Crippen molar-refractivity contribution < 1.29 is 0 Å². The predicted molar refractivity (Wildman–Crippen MR) is 629 cm³/mol. The number of rotatable bonds is 18. The molecule has 0 radical (unpaired) electrons. The fourth-order valence-corrected chi connectivity index (χ4v) is 22.1. The van der Waals surface area contributed by atoms with Gasteiger partial charge in [-0.05, 0) is 234 Å². The van der Waals surface area contributed by atoms with Crippen LogP contribution in [-0.4, -0.2) is 13.7 Å². The molecule has 0 atom stereocenters. The van der Waals surface area contributed by atoms with Gasteiger partial charge in [-0.3, -0.25) is 0 Å². The van der Waals surface area contributed by atoms with Crippen molar-refractivity contribution in [3.8, 4) is 83.8 Å². The van der Waals surface area contributed by atoms with Crippen molar-refractivity contribution in [1.29, 1.82) is 0 Å². The average Bonchev–Trinajstić information content (AvgIpc) is 1.56. The summed E-state index contributed by atoms with van der Waals surface area (Å²) in [5, 5.41) is 17.2. The summed E-state index contributed by atoms with van der Waals surface area (Å²) in [5.74, 6) is 0. The number of para-hydroxylation sites is 6. The summed E-state index contributed by atoms with van der Waals surface area (Å²) in [5.41, 5.74) is 35.2. The van der Waals surface area contributed by atoms with Crippen molar-refractivity contribution in [2.45, 2.75) is 0 Å². The Hall–Kier alpha value is -19.7. The maximum Gasteiger partial charge on any atom is 0.0621 e. The van der Waals surface area contributed by atoms with E-state index in [0.29, 0.717) is 0 Å². The van der Waals surface area contributed by atoms with Gasteiger partial charge in [0.1, 0.15) is 0 Å². The Bertz CT molecular complexity index is 9640. The summed E-state index contributed by atoms with van der Waals surface area (Å²) in [6, 6.07) is 214. The van der Waals surface area contributed by atoms with Crippen molar-refractivity contribution in [2.24, 2.45) is 0 Å². The Balaban J connectivity index is 0.000000112. The number of anilines is 9. The van der Waals surface area contributed by atoms with Crippen LogP contribution in [0.5, 0.6) is 0 Å². The number of hydrogen-bond donors (Lipinski definition) is 0. The van der Waals surface area contributed by atoms with Gasteiger partial charge >= 0.3 is 0 Å². The van der Waals surface area contributed by atoms with Crippen LogP contribution in [0.1, 0.15) is 0 Å². The van der Waals surface area contributed by atoms with E-state index in [4.69, 9.17) is 0 Å². The second-order valence-corrected chi connectivity index (χ2v) is 37.8. The molecule has 0 unspecified atom stereocenters. The quantitative estimate of drug-likeness (QED) is 0.0856. The van der Waals surface area contributed by atoms with Crippen LogP contribution in [0, 0.1) is 0 Å². The first-order valence-corrected chi connectivity index (χ1v) is 50.7. The van der Waals surface area contributed by atoms with Crippen LogP contribution in [0.25, 0.3) is 192 Å². The molecule has 0 saturated heterocycles. The molecule has 6 heteroatoms. The lowest BCUT2D eigenvalue weighted by Gasteiger charge is -2.29. The Morgan fingerprint density at radius 3 is 0.932 bits per heavy atom. The first kappa shape index (κ1) is 88.5. The third kappa shape index (κ3) is 16.6. The van der Waals surface area contributed by atoms with Crippen LogP contribution >= 0.6 is 0 Å². The van der Waals surface area contributed by atoms with Gasteiger partial charge in [-0.25, -0.2) is 0 Å². The molecule has 3 aromatic heterocycles. The van der Waals surface area contributed by atoms with E-state index < -0.39 is 0 Å². The van der Waals surface area contributed by atoms with Crippen molar-refractivity contribution >= 4 is 160 Å². The molecule has 0 aliphatic carbocycles. The van der Waals surface area contributed by atoms with E-state index >= 15 is 0 Å². The molecular weight excluding hydrogens is 1790 g/mol. The molecule has 0 amide bonds. The third-order valence-corrected chi connectivity index (χ3v) is 29.1. The highest BCUT2D eigenvalue weighted by Gasteiger charge is 2.27. The normalized spacial score (nSPS) is 11.4. The smallest absolute Gasteiger partial charge is 0.0621 e. The van der Waals surface area contributed by atoms with E-state index in [9.17, 15) is 0 Å². The monoisotopic (exact) mass is 1890 g/mol. The van der Waals surface area contributed by atoms with Crippen LogP contribution in [-0.2, 0) is 0 Å². The molecule has 0 N–H and O–H groups in total. The van der Waals surface area contributed by atoms with Gasteiger partial charge in [-0.15, -0.1) is 0 Å². The molecule has 6 nitrogen and oxygen atoms in total. The zero-order valence-corrected chi connectivity index (χ0v) is 81.3. The molecule has 25 aromatic carbocycles. The van der Waals surface area contributed by atoms with Gasteiger partial charge in [0.25, 0.3) is 0 Å². The van der Waals surface area contributed by atoms with Crippen LogP contribution in [0.15, 0.2) is 595 Å². The van der Waals surface area contributed by atoms with Gasteiger partial charge in [0.05, 0.1) is 44.5 Å². The van der Waals surface area contributed by atoms with Crippen molar-refractivity contribution in [3.63, 3.8) is 0 Å². The lowest BCUT2D eigenvalue weighted by molar-refractivity contribution is 1.19. The van der Waals surface area contributed by atoms with E-state index in [2.05, 4.69) is 623 Å². The number of nitrogens with zero attached hydrogens (tertiary/aromatic N) is 6. The highest BCUT2D eigenvalue weighted by Crippen LogP contribution is 2.51. The molecule has 3 heterocycles. The third-order valence-electron chi connectivity index (χ3n) is 29.1. The average molecular weight is 1890 g/mol. The van der Waals surface area contributed by atoms with E-state index in [0.717, 1.165) is 68.2 Å². The molecule has 148 heavy (non-hydrogen) atoms. The molecule has 0 saturated carbocycles. The predicted octanol–water partition coefficient (Wildman–Crippen LogP) is 39.4. The van der Waals surface area contributed by atoms with E-state index in [1.54, 1.807) is 0 Å². The van der Waals surface area contributed by atoms with Crippen LogP contribution in [0.2, 0.25) is 0 Å². The highest BCUT2D eigenvalue weighted by atomic mass is 15.2. The first-order valence-electron chi connectivity index (χ1n) is 50.7. The van der Waals surface area contributed by atoms with Gasteiger partial charge in [-0.2, -0.15) is 0 Å². The lowest BCUT2D eigenvalue weighted by Crippen LogP contribution is -2.12. The van der Waals surface area contributed by atoms with Gasteiger partial charge in [0.2, 0.25) is 0 Å². The summed E-state index contributed by atoms with van der Waals surface area (Å²) in [6.07, 6.45) is 0. The fourth-order valence-electron chi connectivity index (χ4n) is 22.1. The number of aromatic nitrogens is 3. The second kappa shape index (κ2) is 39.0. The molecule has 696 valence electrons. The number of fused-ring (bicyclic) bond motifs is 16. The SMILES string of the molecule is c1ccc(-c2ccc(N(c3ccc(-c4ccccc4)cc3)c3ccc4ccc5c6ccccc6n(-c6ccccc6)c5c4c3)cc2)cc1.c1ccc(-c2ccc(N(c3cccc(-c4ccccc4)c3)c3ccc4c(ccc5c6ccccc6n(-c6ccccc6)c45)c3)cc2)cc1.c1ccc(-c2ccc(N(c3ccccc3-c3ccccc3)c3cc4c5ccccc5n(-c5ccc6ccccc6c5)c4c4ccccc34)cc2)cc1. The highest BCUT2D eigenvalue weighted by molar-refractivity contribution is 6.24. The van der Waals surface area contributed by atoms with E-state index in [1.165, 1.54) is 175 Å². The summed E-state index contributed by atoms with van der Waals surface area (Å²) >= 11 is 0. The standard InChI is InChI=1S/C50H34N2.2C46H32N2/c1-3-15-35(16-4-1)37-27-30-40(31-28-37)51(47-25-13-11-21-42(47)38-18-5-2-6-19-38)49-34-46-44-23-12-14-26-48(44)52(50(46)45-24-10-9-22-43(45)49)41-32-29-36-17-7-8-20-39(36)33-41;1-4-13-33(14-5-1)35-23-26-39(27-24-35)47(40-20-12-17-36(31-40)34-15-6-2-7-16-34)41-28-30-42-37(32-41)25-29-44-43-21-10-11-22-45(43)48(46(42)44)38-18-8-3-9-19-38;1-4-12-33(13-5-1)35-20-26-39(27-21-35)47(40-28-22-36(23-29-40)34-14-6-2-7-15-34)41-30-24-37-25-31-43-42-18-10-11-19-45(42)48(46(43)44(37)32-41)38-16-8-3-9-17-38/h1-34H;2*1-32H. The molecule has 0 aliphatic rings. The maximum absolute atomic E-state index is 2.46. The molecule has 28 rings (SSSR count). The van der Waals surface area contributed by atoms with Gasteiger partial charge in [0, 0.05) is 116 Å². The van der Waals surface area contributed by atoms with Crippen LogP contribution in [0.3, 0.4) is 0 Å². The maximum atomic E-state index is 2.46. The van der Waals surface area contributed by atoms with Gasteiger partial charge in [0.15, 0.2) is 0 Å². The van der Waals surface area contributed by atoms with Gasteiger partial charge in [-0.1, -0.05) is 443 Å². The zero-order chi connectivity index (χ0) is 98.2. The van der Waals surface area contributed by atoms with E-state index in [-0.39, 0.29) is 0 Å². The van der Waals surface area contributed by atoms with Crippen molar-refractivity contribution in [3.05, 3.63) is 595 Å². The van der Waals surface area contributed by atoms with Crippen molar-refractivity contribution in [2.75, 3.05) is 14.7 Å². The molecule has 0 fully saturated rings. The Morgan fingerprint density at radius 2 is 0.432 bits per heavy atom. The summed E-state index contributed by atoms with van der Waals surface area (Å²) in [4.78, 5) is 7.20. The minimum absolute atomic E-state index is 1.10. The summed E-state index contributed by atoms with van der Waals surface area (Å²) in [7, 11) is 0. The topological polar surface area (TPSA) is 24.5 Å². The van der Waals surface area contributed by atoms with Crippen LogP contribution < -0.4 is 14.7 Å². The summed E-state index contributed by atoms with van der Waals surface area (Å²) < 4.78 is 7.29. The van der Waals surface area contributed by atoms with Gasteiger partial charge < -0.3 is 28.4 Å². The summed E-state index contributed by atoms with van der Waals surface area (Å²) in [6.45, 7) is 0. The Labute approximate surface area is 860 Å². The minimum Gasteiger partial charge on any atom is -0.310 e. The van der Waals surface area contributed by atoms with E-state index in [1.807, 2.05) is 0 Å². The number of benzene rings is 25. The Morgan fingerprint density at radius 1 is 0.122 bits per heavy atom. The number of hydrogen-bond acceptors (Lipinski definition) is 3. The van der Waals surface area contributed by atoms with Crippen LogP contribution in [0.4, 0.5) is 51.2 Å². The second-order valence-electron chi connectivity index (χ2n) is 37.8. The molecular formula is C142H98N6. The zero-order valence-electron chi connectivity index (χ0n) is 81.3. The molecule has 0 bridgehead atoms. The first-order chi connectivity index (χ1) is 73.4. The minimum atomic E-state index is 1.10. The fraction of sp³-hybridized carbons (Fsp3) is 0. The lowest BCUT2D eigenvalue weighted by atomic mass is 9.98. The molecule has 0 spiro atoms. The Kier molecular flexibility index (Phi) is 23.3.